The number of carbonyl (C=O) groups excluding carboxylic acids is 2. The molecule has 0 aliphatic carbocycles. The molecule has 0 bridgehead atoms. The van der Waals surface area contributed by atoms with E-state index in [0.717, 1.165) is 0 Å². The predicted octanol–water partition coefficient (Wildman–Crippen LogP) is 1.53. The molecule has 0 saturated heterocycles. The first kappa shape index (κ1) is 16.3. The molecule has 21 heavy (non-hydrogen) atoms. The number of rotatable bonds is 6. The smallest absolute Gasteiger partial charge is 0.480 e. The van der Waals surface area contributed by atoms with Crippen molar-refractivity contribution in [3.8, 4) is 5.75 Å². The fourth-order valence-corrected chi connectivity index (χ4v) is 1.24. The number of hydrogen-bond donors (Lipinski definition) is 2. The Kier molecular flexibility index (Phi) is 6.52. The molecule has 1 aromatic rings. The Hall–Kier alpha value is -2.77. The molecular weight excluding hydrogens is 282 g/mol. The fourth-order valence-electron chi connectivity index (χ4n) is 1.24. The molecule has 1 aromatic carbocycles. The van der Waals surface area contributed by atoms with Gasteiger partial charge >= 0.3 is 18.2 Å². The molecule has 0 atom stereocenters. The lowest BCUT2D eigenvalue weighted by Gasteiger charge is -2.07. The first-order valence-corrected chi connectivity index (χ1v) is 6.07. The van der Waals surface area contributed by atoms with E-state index in [9.17, 15) is 14.4 Å². The number of nitrogens with one attached hydrogen (secondary N) is 1. The molecule has 1 rings (SSSR count). The van der Waals surface area contributed by atoms with Crippen LogP contribution in [0.2, 0.25) is 0 Å². The van der Waals surface area contributed by atoms with Gasteiger partial charge in [-0.05, 0) is 24.6 Å². The second-order valence-electron chi connectivity index (χ2n) is 3.75. The van der Waals surface area contributed by atoms with Crippen LogP contribution in [0.3, 0.4) is 0 Å². The summed E-state index contributed by atoms with van der Waals surface area (Å²) in [6.45, 7) is 1.34. The zero-order valence-electron chi connectivity index (χ0n) is 11.3. The third-order valence-electron chi connectivity index (χ3n) is 2.14. The van der Waals surface area contributed by atoms with Crippen LogP contribution >= 0.6 is 0 Å². The van der Waals surface area contributed by atoms with E-state index in [1.807, 2.05) is 0 Å². The monoisotopic (exact) mass is 297 g/mol. The molecule has 0 aliphatic rings. The first-order valence-electron chi connectivity index (χ1n) is 6.07. The van der Waals surface area contributed by atoms with Gasteiger partial charge in [-0.3, -0.25) is 4.79 Å². The topological polar surface area (TPSA) is 111 Å². The molecule has 0 spiro atoms. The number of aliphatic carboxylic acids is 1. The van der Waals surface area contributed by atoms with Crippen LogP contribution in [0, 0.1) is 0 Å². The number of ether oxygens (including phenoxy) is 3. The van der Waals surface area contributed by atoms with E-state index < -0.39 is 24.8 Å². The summed E-state index contributed by atoms with van der Waals surface area (Å²) in [7, 11) is 0. The molecular formula is C13H15NO7. The van der Waals surface area contributed by atoms with Crippen molar-refractivity contribution in [2.45, 2.75) is 13.5 Å². The molecule has 114 valence electrons. The molecule has 0 radical (unpaired) electrons. The van der Waals surface area contributed by atoms with Gasteiger partial charge in [0, 0.05) is 0 Å². The van der Waals surface area contributed by atoms with Crippen molar-refractivity contribution in [1.29, 1.82) is 0 Å². The van der Waals surface area contributed by atoms with Crippen LogP contribution in [0.1, 0.15) is 12.5 Å². The maximum absolute atomic E-state index is 11.1. The lowest BCUT2D eigenvalue weighted by Crippen LogP contribution is -2.29. The van der Waals surface area contributed by atoms with Crippen LogP contribution in [0.25, 0.3) is 0 Å². The van der Waals surface area contributed by atoms with Crippen LogP contribution < -0.4 is 10.1 Å². The molecule has 2 N–H and O–H groups in total. The summed E-state index contributed by atoms with van der Waals surface area (Å²) in [4.78, 5) is 32.4. The van der Waals surface area contributed by atoms with Crippen LogP contribution in [-0.2, 0) is 20.9 Å². The number of carboxylic acid groups (broad SMARTS) is 1. The maximum atomic E-state index is 11.1. The highest BCUT2D eigenvalue weighted by Gasteiger charge is 2.07. The van der Waals surface area contributed by atoms with Crippen LogP contribution in [0.5, 0.6) is 5.75 Å². The van der Waals surface area contributed by atoms with Gasteiger partial charge in [0.05, 0.1) is 6.61 Å². The summed E-state index contributed by atoms with van der Waals surface area (Å²) in [5.74, 6) is -0.861. The van der Waals surface area contributed by atoms with E-state index >= 15 is 0 Å². The van der Waals surface area contributed by atoms with Crippen molar-refractivity contribution in [2.24, 2.45) is 0 Å². The number of carbonyl (C=O) groups is 3. The molecule has 0 saturated carbocycles. The predicted molar refractivity (Wildman–Crippen MR) is 69.9 cm³/mol. The molecule has 0 fully saturated rings. The zero-order valence-corrected chi connectivity index (χ0v) is 11.3. The summed E-state index contributed by atoms with van der Waals surface area (Å²) in [5, 5.41) is 10.4. The lowest BCUT2D eigenvalue weighted by atomic mass is 10.2. The quantitative estimate of drug-likeness (QED) is 0.605. The van der Waals surface area contributed by atoms with Crippen molar-refractivity contribution in [1.82, 2.24) is 5.32 Å². The summed E-state index contributed by atoms with van der Waals surface area (Å²) in [5.41, 5.74) is 0.650. The Morgan fingerprint density at radius 1 is 1.14 bits per heavy atom. The summed E-state index contributed by atoms with van der Waals surface area (Å²) < 4.78 is 14.3. The van der Waals surface area contributed by atoms with Crippen molar-refractivity contribution in [2.75, 3.05) is 13.2 Å². The van der Waals surface area contributed by atoms with Crippen LogP contribution in [-0.4, -0.2) is 36.5 Å². The molecule has 0 heterocycles. The van der Waals surface area contributed by atoms with Crippen molar-refractivity contribution in [3.05, 3.63) is 29.8 Å². The molecule has 0 aliphatic heterocycles. The van der Waals surface area contributed by atoms with Crippen LogP contribution in [0.4, 0.5) is 9.59 Å². The Morgan fingerprint density at radius 3 is 2.38 bits per heavy atom. The number of amides is 1. The van der Waals surface area contributed by atoms with Crippen LogP contribution in [0.15, 0.2) is 24.3 Å². The van der Waals surface area contributed by atoms with E-state index in [2.05, 4.69) is 10.1 Å². The zero-order chi connectivity index (χ0) is 15.7. The summed E-state index contributed by atoms with van der Waals surface area (Å²) in [6.07, 6.45) is -1.63. The van der Waals surface area contributed by atoms with E-state index in [1.54, 1.807) is 19.1 Å². The fraction of sp³-hybridized carbons (Fsp3) is 0.308. The second kappa shape index (κ2) is 8.41. The van der Waals surface area contributed by atoms with E-state index in [0.29, 0.717) is 11.3 Å². The van der Waals surface area contributed by atoms with Crippen molar-refractivity contribution >= 4 is 18.2 Å². The molecule has 8 nitrogen and oxygen atoms in total. The Bertz CT molecular complexity index is 498. The number of benzene rings is 1. The summed E-state index contributed by atoms with van der Waals surface area (Å²) >= 11 is 0. The number of hydrogen-bond acceptors (Lipinski definition) is 6. The molecule has 1 amide bonds. The third kappa shape index (κ3) is 6.81. The maximum Gasteiger partial charge on any atom is 0.513 e. The van der Waals surface area contributed by atoms with Gasteiger partial charge in [-0.2, -0.15) is 0 Å². The van der Waals surface area contributed by atoms with E-state index in [4.69, 9.17) is 14.6 Å². The van der Waals surface area contributed by atoms with Crippen molar-refractivity contribution in [3.63, 3.8) is 0 Å². The largest absolute Gasteiger partial charge is 0.513 e. The Balaban J connectivity index is 2.38. The average molecular weight is 297 g/mol. The Morgan fingerprint density at radius 2 is 1.81 bits per heavy atom. The van der Waals surface area contributed by atoms with Gasteiger partial charge in [-0.1, -0.05) is 12.1 Å². The highest BCUT2D eigenvalue weighted by atomic mass is 16.7. The van der Waals surface area contributed by atoms with Gasteiger partial charge < -0.3 is 24.6 Å². The minimum atomic E-state index is -1.16. The summed E-state index contributed by atoms with van der Waals surface area (Å²) in [6, 6.07) is 6.23. The minimum absolute atomic E-state index is 0.0366. The van der Waals surface area contributed by atoms with Gasteiger partial charge in [-0.15, -0.1) is 0 Å². The van der Waals surface area contributed by atoms with Gasteiger partial charge in [0.25, 0.3) is 0 Å². The van der Waals surface area contributed by atoms with Gasteiger partial charge in [0.15, 0.2) is 0 Å². The number of alkyl carbamates (subject to hydrolysis) is 1. The van der Waals surface area contributed by atoms with E-state index in [1.165, 1.54) is 12.1 Å². The third-order valence-corrected chi connectivity index (χ3v) is 2.14. The van der Waals surface area contributed by atoms with Gasteiger partial charge in [-0.25, -0.2) is 9.59 Å². The Labute approximate surface area is 120 Å². The SMILES string of the molecule is CCOC(=O)Oc1ccc(COC(=O)NCC(=O)O)cc1. The minimum Gasteiger partial charge on any atom is -0.480 e. The molecule has 8 heteroatoms. The molecule has 0 aromatic heterocycles. The lowest BCUT2D eigenvalue weighted by molar-refractivity contribution is -0.135. The normalized spacial score (nSPS) is 9.57. The van der Waals surface area contributed by atoms with Crippen molar-refractivity contribution < 1.29 is 33.7 Å². The highest BCUT2D eigenvalue weighted by molar-refractivity contribution is 5.76. The van der Waals surface area contributed by atoms with Gasteiger partial charge in [0.1, 0.15) is 18.9 Å². The first-order chi connectivity index (χ1) is 10.0. The standard InChI is InChI=1S/C13H15NO7/c1-2-19-13(18)21-10-5-3-9(4-6-10)8-20-12(17)14-7-11(15)16/h3-6H,2,7-8H2,1H3,(H,14,17)(H,15,16). The second-order valence-corrected chi connectivity index (χ2v) is 3.75. The number of carboxylic acids is 1. The highest BCUT2D eigenvalue weighted by Crippen LogP contribution is 2.13. The average Bonchev–Trinajstić information content (AvgIpc) is 2.44. The molecule has 0 unspecified atom stereocenters. The van der Waals surface area contributed by atoms with E-state index in [-0.39, 0.29) is 13.2 Å². The van der Waals surface area contributed by atoms with Gasteiger partial charge in [0.2, 0.25) is 0 Å².